The van der Waals surface area contributed by atoms with E-state index in [9.17, 15) is 24.6 Å². The van der Waals surface area contributed by atoms with Gasteiger partial charge in [0, 0.05) is 49.8 Å². The second-order valence-electron chi connectivity index (χ2n) is 5.73. The van der Waals surface area contributed by atoms with Gasteiger partial charge in [-0.2, -0.15) is 24.3 Å². The number of carbonyl (C=O) groups is 3. The van der Waals surface area contributed by atoms with Gasteiger partial charge in [0.15, 0.2) is 0 Å². The summed E-state index contributed by atoms with van der Waals surface area (Å²) >= 11 is 0. The van der Waals surface area contributed by atoms with E-state index >= 15 is 0 Å². The number of rotatable bonds is 5. The Bertz CT molecular complexity index is 930. The van der Waals surface area contributed by atoms with E-state index in [1.165, 1.54) is 48.5 Å². The number of aromatic hydroxyl groups is 3. The molecule has 0 saturated heterocycles. The molecule has 0 aliphatic rings. The molecule has 3 aromatic rings. The Kier molecular flexibility index (Phi) is 24.1. The molecule has 6 nitrogen and oxygen atoms in total. The first-order valence-corrected chi connectivity index (χ1v) is 11.1. The molecule has 3 rings (SSSR count). The molecule has 3 N–H and O–H groups in total. The number of benzene rings is 3. The summed E-state index contributed by atoms with van der Waals surface area (Å²) < 4.78 is 0. The largest absolute Gasteiger partial charge is 0.534 e. The van der Waals surface area contributed by atoms with Crippen LogP contribution in [-0.2, 0) is 39.1 Å². The van der Waals surface area contributed by atoms with E-state index in [0.717, 1.165) is 0 Å². The first-order valence-electron chi connectivity index (χ1n) is 11.1. The summed E-state index contributed by atoms with van der Waals surface area (Å²) in [5.74, 6) is 0.00334. The average Bonchev–Trinajstić information content (AvgIpc) is 2.91. The van der Waals surface area contributed by atoms with Gasteiger partial charge >= 0.3 is 0 Å². The van der Waals surface area contributed by atoms with Crippen molar-refractivity contribution in [3.63, 3.8) is 0 Å². The number of hydrogen-bond acceptors (Lipinski definition) is 6. The summed E-state index contributed by atoms with van der Waals surface area (Å²) in [4.78, 5) is 31.4. The SMILES string of the molecule is CC.CC.CC.O=Cc1c[c-]c(O)c(Cc2cc(C=O)ccc2O)c1.O=Cc1c[c-]c(O)cc1.[Y]. The van der Waals surface area contributed by atoms with Gasteiger partial charge in [-0.1, -0.05) is 52.7 Å². The zero-order valence-electron chi connectivity index (χ0n) is 21.2. The van der Waals surface area contributed by atoms with Crippen LogP contribution in [0.1, 0.15) is 83.7 Å². The van der Waals surface area contributed by atoms with Crippen molar-refractivity contribution in [2.45, 2.75) is 48.0 Å². The molecule has 0 fully saturated rings. The first-order chi connectivity index (χ1) is 16.5. The predicted octanol–water partition coefficient (Wildman–Crippen LogP) is 6.19. The maximum absolute atomic E-state index is 10.7. The maximum Gasteiger partial charge on any atom is 0.150 e. The van der Waals surface area contributed by atoms with Crippen molar-refractivity contribution in [1.29, 1.82) is 0 Å². The Morgan fingerprint density at radius 2 is 1.14 bits per heavy atom. The molecule has 0 aromatic heterocycles. The van der Waals surface area contributed by atoms with Gasteiger partial charge in [0.25, 0.3) is 0 Å². The molecular weight excluding hydrogens is 521 g/mol. The summed E-state index contributed by atoms with van der Waals surface area (Å²) in [7, 11) is 0. The third-order valence-electron chi connectivity index (χ3n) is 3.73. The second kappa shape index (κ2) is 22.9. The van der Waals surface area contributed by atoms with Crippen molar-refractivity contribution in [3.8, 4) is 17.2 Å². The normalized spacial score (nSPS) is 8.29. The summed E-state index contributed by atoms with van der Waals surface area (Å²) in [6.45, 7) is 12.0. The Hall–Kier alpha value is -2.83. The van der Waals surface area contributed by atoms with Gasteiger partial charge in [0.2, 0.25) is 0 Å². The topological polar surface area (TPSA) is 112 Å². The van der Waals surface area contributed by atoms with Crippen LogP contribution in [0.2, 0.25) is 0 Å². The number of phenols is 3. The zero-order valence-corrected chi connectivity index (χ0v) is 24.0. The van der Waals surface area contributed by atoms with E-state index in [0.29, 0.717) is 46.7 Å². The molecule has 7 heteroatoms. The van der Waals surface area contributed by atoms with Crippen molar-refractivity contribution in [2.75, 3.05) is 0 Å². The van der Waals surface area contributed by atoms with Gasteiger partial charge < -0.3 is 24.9 Å². The molecule has 0 spiro atoms. The minimum Gasteiger partial charge on any atom is -0.534 e. The molecule has 1 radical (unpaired) electrons. The minimum atomic E-state index is -0.0819. The van der Waals surface area contributed by atoms with Gasteiger partial charge in [0.05, 0.1) is 12.6 Å². The molecule has 0 amide bonds. The summed E-state index contributed by atoms with van der Waals surface area (Å²) in [6.07, 6.45) is 2.24. The van der Waals surface area contributed by atoms with Crippen LogP contribution in [-0.4, -0.2) is 34.2 Å². The molecule has 0 aliphatic heterocycles. The zero-order chi connectivity index (χ0) is 26.5. The van der Waals surface area contributed by atoms with Crippen LogP contribution in [0.3, 0.4) is 0 Å². The van der Waals surface area contributed by atoms with Gasteiger partial charge in [-0.3, -0.25) is 4.79 Å². The second-order valence-corrected chi connectivity index (χ2v) is 5.73. The summed E-state index contributed by atoms with van der Waals surface area (Å²) in [5, 5.41) is 28.1. The van der Waals surface area contributed by atoms with Crippen LogP contribution in [0.5, 0.6) is 17.2 Å². The maximum atomic E-state index is 10.7. The molecule has 0 saturated carbocycles. The fourth-order valence-corrected chi connectivity index (χ4v) is 2.29. The molecule has 0 bridgehead atoms. The summed E-state index contributed by atoms with van der Waals surface area (Å²) in [6, 6.07) is 16.8. The molecule has 0 unspecified atom stereocenters. The molecule has 0 heterocycles. The smallest absolute Gasteiger partial charge is 0.150 e. The van der Waals surface area contributed by atoms with Crippen LogP contribution in [0, 0.1) is 12.1 Å². The number of carbonyl (C=O) groups excluding carboxylic acids is 3. The fourth-order valence-electron chi connectivity index (χ4n) is 2.29. The van der Waals surface area contributed by atoms with Crippen molar-refractivity contribution in [2.24, 2.45) is 0 Å². The van der Waals surface area contributed by atoms with Crippen molar-refractivity contribution in [1.82, 2.24) is 0 Å². The van der Waals surface area contributed by atoms with E-state index < -0.39 is 0 Å². The Morgan fingerprint density at radius 1 is 0.657 bits per heavy atom. The van der Waals surface area contributed by atoms with Gasteiger partial charge in [-0.15, -0.1) is 23.8 Å². The van der Waals surface area contributed by atoms with E-state index in [2.05, 4.69) is 12.1 Å². The number of aldehydes is 3. The standard InChI is InChI=1S/C15H11O4.C7H5O2.3C2H6.Y/c16-8-10-1-3-14(18)12(5-10)7-13-6-11(9-17)2-4-15(13)19;8-5-6-1-3-7(9)4-2-6;3*1-2;/h1-3,5-6,8-9,18-19H,7H2;1-3,5,9H;3*1-2H3;/q2*-1;;;;. The molecule has 0 atom stereocenters. The Balaban J connectivity index is -0.000000540. The summed E-state index contributed by atoms with van der Waals surface area (Å²) in [5.41, 5.74) is 2.30. The van der Waals surface area contributed by atoms with Gasteiger partial charge in [-0.05, 0) is 30.2 Å². The number of hydrogen-bond donors (Lipinski definition) is 3. The monoisotopic (exact) mass is 555 g/mol. The Labute approximate surface area is 233 Å². The third-order valence-corrected chi connectivity index (χ3v) is 3.73. The van der Waals surface area contributed by atoms with Crippen molar-refractivity contribution >= 4 is 18.9 Å². The van der Waals surface area contributed by atoms with Gasteiger partial charge in [-0.25, -0.2) is 0 Å². The minimum absolute atomic E-state index is 0. The Morgan fingerprint density at radius 3 is 1.63 bits per heavy atom. The third kappa shape index (κ3) is 14.2. The molecule has 0 aliphatic carbocycles. The molecule has 35 heavy (non-hydrogen) atoms. The molecular formula is C28H34O6Y-2. The van der Waals surface area contributed by atoms with Crippen LogP contribution in [0.25, 0.3) is 0 Å². The van der Waals surface area contributed by atoms with Crippen LogP contribution < -0.4 is 0 Å². The van der Waals surface area contributed by atoms with E-state index in [4.69, 9.17) is 5.11 Å². The first kappa shape index (κ1) is 36.7. The molecule has 3 aromatic carbocycles. The van der Waals surface area contributed by atoms with E-state index in [-0.39, 0.29) is 56.4 Å². The predicted molar refractivity (Wildman–Crippen MR) is 135 cm³/mol. The van der Waals surface area contributed by atoms with Crippen LogP contribution in [0.4, 0.5) is 0 Å². The van der Waals surface area contributed by atoms with E-state index in [1.54, 1.807) is 0 Å². The molecule has 187 valence electrons. The fraction of sp³-hybridized carbons (Fsp3) is 0.250. The van der Waals surface area contributed by atoms with Crippen LogP contribution in [0.15, 0.2) is 48.5 Å². The van der Waals surface area contributed by atoms with E-state index in [1.807, 2.05) is 41.5 Å². The number of phenolic OH excluding ortho intramolecular Hbond substituents is 3. The van der Waals surface area contributed by atoms with Gasteiger partial charge in [0.1, 0.15) is 12.0 Å². The average molecular weight is 555 g/mol. The quantitative estimate of drug-likeness (QED) is 0.256. The van der Waals surface area contributed by atoms with Crippen LogP contribution >= 0.6 is 0 Å². The van der Waals surface area contributed by atoms with Crippen molar-refractivity contribution < 1.29 is 62.4 Å². The van der Waals surface area contributed by atoms with Crippen molar-refractivity contribution in [3.05, 3.63) is 88.5 Å².